The molecule has 0 spiro atoms. The third kappa shape index (κ3) is 7.26. The summed E-state index contributed by atoms with van der Waals surface area (Å²) < 4.78 is 5.36. The maximum atomic E-state index is 12.6. The number of ether oxygens (including phenoxy) is 1. The number of amides is 2. The van der Waals surface area contributed by atoms with Crippen LogP contribution >= 0.6 is 0 Å². The van der Waals surface area contributed by atoms with Crippen LogP contribution < -0.4 is 20.7 Å². The lowest BCUT2D eigenvalue weighted by Crippen LogP contribution is -2.36. The third-order valence-corrected chi connectivity index (χ3v) is 7.79. The molecule has 2 heterocycles. The van der Waals surface area contributed by atoms with Crippen molar-refractivity contribution in [2.75, 3.05) is 38.6 Å². The van der Waals surface area contributed by atoms with Gasteiger partial charge in [0.05, 0.1) is 24.2 Å². The first kappa shape index (κ1) is 29.7. The van der Waals surface area contributed by atoms with Crippen LogP contribution in [0.1, 0.15) is 56.1 Å². The number of benzene rings is 2. The lowest BCUT2D eigenvalue weighted by atomic mass is 9.80. The van der Waals surface area contributed by atoms with E-state index in [2.05, 4.69) is 33.0 Å². The zero-order chi connectivity index (χ0) is 29.5. The summed E-state index contributed by atoms with van der Waals surface area (Å²) in [6, 6.07) is 14.6. The molecule has 4 rings (SSSR count). The van der Waals surface area contributed by atoms with Crippen LogP contribution in [0.4, 0.5) is 10.5 Å². The molecule has 2 aliphatic rings. The maximum Gasteiger partial charge on any atom is 0.334 e. The Labute approximate surface area is 240 Å². The highest BCUT2D eigenvalue weighted by molar-refractivity contribution is 5.98. The molecule has 2 aliphatic heterocycles. The average Bonchev–Trinajstić information content (AvgIpc) is 2.95. The van der Waals surface area contributed by atoms with Crippen LogP contribution in [-0.4, -0.2) is 66.4 Å². The number of urea groups is 1. The molecular formula is C31H38N4O6. The largest absolute Gasteiger partial charge is 0.497 e. The molecule has 0 unspecified atom stereocenters. The number of aliphatic carboxylic acids is 2. The van der Waals surface area contributed by atoms with Gasteiger partial charge in [-0.3, -0.25) is 0 Å². The number of piperidine rings is 1. The first-order valence-corrected chi connectivity index (χ1v) is 13.8. The Morgan fingerprint density at radius 3 is 2.22 bits per heavy atom. The second kappa shape index (κ2) is 13.4. The van der Waals surface area contributed by atoms with Crippen LogP contribution in [0, 0.1) is 0 Å². The number of hydrogen-bond donors (Lipinski definition) is 5. The van der Waals surface area contributed by atoms with Crippen LogP contribution in [-0.2, 0) is 9.59 Å². The molecule has 0 bridgehead atoms. The lowest BCUT2D eigenvalue weighted by Gasteiger charge is -2.32. The SMILES string of the molecule is COc1cccc(C2CCN(CCCNC(=O)Nc3cccc(C4C(C(=O)O)=C(C)NC(C)=C4C(=O)O)c3)CC2)c1. The number of carbonyl (C=O) groups is 3. The number of carboxylic acid groups (broad SMARTS) is 2. The average molecular weight is 563 g/mol. The fourth-order valence-corrected chi connectivity index (χ4v) is 5.76. The molecule has 218 valence electrons. The summed E-state index contributed by atoms with van der Waals surface area (Å²) in [7, 11) is 1.69. The van der Waals surface area contributed by atoms with Gasteiger partial charge in [0, 0.05) is 23.6 Å². The smallest absolute Gasteiger partial charge is 0.334 e. The van der Waals surface area contributed by atoms with Crippen molar-refractivity contribution in [3.05, 3.63) is 82.2 Å². The topological polar surface area (TPSA) is 140 Å². The van der Waals surface area contributed by atoms with Gasteiger partial charge in [-0.25, -0.2) is 14.4 Å². The number of carbonyl (C=O) groups excluding carboxylic acids is 1. The Kier molecular flexibility index (Phi) is 9.67. The summed E-state index contributed by atoms with van der Waals surface area (Å²) in [5, 5.41) is 28.2. The summed E-state index contributed by atoms with van der Waals surface area (Å²) in [6.45, 7) is 6.63. The van der Waals surface area contributed by atoms with E-state index in [1.807, 2.05) is 12.1 Å². The first-order chi connectivity index (χ1) is 19.7. The minimum Gasteiger partial charge on any atom is -0.497 e. The molecule has 0 saturated carbocycles. The van der Waals surface area contributed by atoms with Crippen LogP contribution in [0.3, 0.4) is 0 Å². The summed E-state index contributed by atoms with van der Waals surface area (Å²) in [6.07, 6.45) is 2.99. The lowest BCUT2D eigenvalue weighted by molar-refractivity contribution is -0.133. The Hall–Kier alpha value is -4.31. The molecule has 0 aliphatic carbocycles. The second-order valence-electron chi connectivity index (χ2n) is 10.5. The second-order valence-corrected chi connectivity index (χ2v) is 10.5. The normalized spacial score (nSPS) is 16.8. The van der Waals surface area contributed by atoms with E-state index in [0.29, 0.717) is 35.1 Å². The summed E-state index contributed by atoms with van der Waals surface area (Å²) >= 11 is 0. The number of dihydropyridines is 1. The highest BCUT2D eigenvalue weighted by atomic mass is 16.5. The van der Waals surface area contributed by atoms with E-state index < -0.39 is 17.9 Å². The molecule has 0 aromatic heterocycles. The van der Waals surface area contributed by atoms with E-state index >= 15 is 0 Å². The molecule has 1 fully saturated rings. The van der Waals surface area contributed by atoms with Gasteiger partial charge in [0.1, 0.15) is 5.75 Å². The zero-order valence-corrected chi connectivity index (χ0v) is 23.7. The highest BCUT2D eigenvalue weighted by Gasteiger charge is 2.36. The molecule has 2 aromatic carbocycles. The van der Waals surface area contributed by atoms with Crippen molar-refractivity contribution in [1.29, 1.82) is 0 Å². The van der Waals surface area contributed by atoms with Gasteiger partial charge >= 0.3 is 18.0 Å². The summed E-state index contributed by atoms with van der Waals surface area (Å²) in [5.74, 6) is -1.97. The number of allylic oxidation sites excluding steroid dienone is 2. The molecule has 10 heteroatoms. The van der Waals surface area contributed by atoms with Crippen molar-refractivity contribution < 1.29 is 29.3 Å². The van der Waals surface area contributed by atoms with Crippen LogP contribution in [0.25, 0.3) is 0 Å². The summed E-state index contributed by atoms with van der Waals surface area (Å²) in [5.41, 5.74) is 2.92. The van der Waals surface area contributed by atoms with Crippen molar-refractivity contribution in [2.24, 2.45) is 0 Å². The Morgan fingerprint density at radius 2 is 1.59 bits per heavy atom. The first-order valence-electron chi connectivity index (χ1n) is 13.8. The standard InChI is InChI=1S/C31H38N4O6/c1-19-26(29(36)37)28(27(30(38)39)20(2)33-19)23-8-4-9-24(17-23)34-31(40)32-13-6-14-35-15-11-21(12-16-35)22-7-5-10-25(18-22)41-3/h4-5,7-10,17-18,21,28,33H,6,11-16H2,1-3H3,(H,36,37)(H,38,39)(H2,32,34,40). The van der Waals surface area contributed by atoms with Crippen molar-refractivity contribution in [1.82, 2.24) is 15.5 Å². The maximum absolute atomic E-state index is 12.6. The van der Waals surface area contributed by atoms with Crippen molar-refractivity contribution in [2.45, 2.75) is 44.9 Å². The Bertz CT molecular complexity index is 1320. The van der Waals surface area contributed by atoms with Crippen LogP contribution in [0.15, 0.2) is 71.1 Å². The number of carboxylic acids is 2. The molecule has 41 heavy (non-hydrogen) atoms. The molecular weight excluding hydrogens is 524 g/mol. The quantitative estimate of drug-likeness (QED) is 0.267. The van der Waals surface area contributed by atoms with Gasteiger partial charge in [0.25, 0.3) is 0 Å². The van der Waals surface area contributed by atoms with E-state index in [1.54, 1.807) is 45.2 Å². The van der Waals surface area contributed by atoms with Crippen LogP contribution in [0.5, 0.6) is 5.75 Å². The highest BCUT2D eigenvalue weighted by Crippen LogP contribution is 2.39. The third-order valence-electron chi connectivity index (χ3n) is 7.79. The van der Waals surface area contributed by atoms with Crippen molar-refractivity contribution in [3.63, 3.8) is 0 Å². The van der Waals surface area contributed by atoms with E-state index in [1.165, 1.54) is 5.56 Å². The minimum absolute atomic E-state index is 0.0397. The van der Waals surface area contributed by atoms with Gasteiger partial charge in [-0.15, -0.1) is 0 Å². The van der Waals surface area contributed by atoms with Gasteiger partial charge in [0.2, 0.25) is 0 Å². The number of hydrogen-bond acceptors (Lipinski definition) is 6. The molecule has 0 radical (unpaired) electrons. The van der Waals surface area contributed by atoms with E-state index in [-0.39, 0.29) is 17.2 Å². The minimum atomic E-state index is -1.20. The Morgan fingerprint density at radius 1 is 0.951 bits per heavy atom. The zero-order valence-electron chi connectivity index (χ0n) is 23.7. The number of rotatable bonds is 10. The van der Waals surface area contributed by atoms with Crippen molar-refractivity contribution >= 4 is 23.7 Å². The van der Waals surface area contributed by atoms with Crippen molar-refractivity contribution in [3.8, 4) is 5.75 Å². The molecule has 1 saturated heterocycles. The fraction of sp³-hybridized carbons (Fsp3) is 0.387. The van der Waals surface area contributed by atoms with Gasteiger partial charge in [-0.2, -0.15) is 0 Å². The molecule has 10 nitrogen and oxygen atoms in total. The predicted octanol–water partition coefficient (Wildman–Crippen LogP) is 4.49. The molecule has 0 atom stereocenters. The molecule has 2 aromatic rings. The van der Waals surface area contributed by atoms with E-state index in [9.17, 15) is 24.6 Å². The number of likely N-dealkylation sites (tertiary alicyclic amines) is 1. The van der Waals surface area contributed by atoms with Gasteiger partial charge in [-0.05, 0) is 94.1 Å². The fourth-order valence-electron chi connectivity index (χ4n) is 5.76. The number of nitrogens with zero attached hydrogens (tertiary/aromatic N) is 1. The number of anilines is 1. The van der Waals surface area contributed by atoms with Gasteiger partial charge in [0.15, 0.2) is 0 Å². The number of methoxy groups -OCH3 is 1. The summed E-state index contributed by atoms with van der Waals surface area (Å²) in [4.78, 5) is 39.1. The molecule has 2 amide bonds. The molecule has 5 N–H and O–H groups in total. The predicted molar refractivity (Wildman–Crippen MR) is 156 cm³/mol. The monoisotopic (exact) mass is 562 g/mol. The van der Waals surface area contributed by atoms with Gasteiger partial charge in [-0.1, -0.05) is 24.3 Å². The van der Waals surface area contributed by atoms with E-state index in [0.717, 1.165) is 44.6 Å². The van der Waals surface area contributed by atoms with Gasteiger partial charge < -0.3 is 35.8 Å². The number of nitrogens with one attached hydrogen (secondary N) is 3. The van der Waals surface area contributed by atoms with E-state index in [4.69, 9.17) is 4.74 Å². The van der Waals surface area contributed by atoms with Crippen LogP contribution in [0.2, 0.25) is 0 Å². The Balaban J connectivity index is 1.28.